The molecule has 0 aromatic heterocycles. The fourth-order valence-electron chi connectivity index (χ4n) is 2.18. The van der Waals surface area contributed by atoms with E-state index in [9.17, 15) is 4.79 Å². The van der Waals surface area contributed by atoms with Crippen LogP contribution < -0.4 is 5.32 Å². The monoisotopic (exact) mass is 309 g/mol. The average molecular weight is 309 g/mol. The van der Waals surface area contributed by atoms with Crippen LogP contribution in [0.1, 0.15) is 35.7 Å². The molecule has 1 amide bonds. The molecule has 0 aliphatic heterocycles. The van der Waals surface area contributed by atoms with Crippen molar-refractivity contribution in [3.63, 3.8) is 0 Å². The third kappa shape index (κ3) is 5.99. The second-order valence-electron chi connectivity index (χ2n) is 5.59. The lowest BCUT2D eigenvalue weighted by Gasteiger charge is -2.15. The summed E-state index contributed by atoms with van der Waals surface area (Å²) in [5.74, 6) is 0.698. The molecule has 0 fully saturated rings. The van der Waals surface area contributed by atoms with Gasteiger partial charge in [-0.05, 0) is 31.0 Å². The van der Waals surface area contributed by atoms with Gasteiger partial charge in [0, 0.05) is 18.0 Å². The second-order valence-corrected chi connectivity index (χ2v) is 5.59. The standard InChI is InChI=1S/C20H23NO2/c1-16(21-20(22)19-11-7-4-8-12-19)13-14-17(2)23-15-18-9-5-3-6-10-18/h3-12,16H,2,13-15H2,1H3,(H,21,22). The average Bonchev–Trinajstić information content (AvgIpc) is 2.60. The number of carbonyl (C=O) groups is 1. The molecule has 0 saturated carbocycles. The highest BCUT2D eigenvalue weighted by atomic mass is 16.5. The van der Waals surface area contributed by atoms with Gasteiger partial charge in [-0.1, -0.05) is 55.1 Å². The molecule has 0 aliphatic rings. The second kappa shape index (κ2) is 8.79. The predicted octanol–water partition coefficient (Wildman–Crippen LogP) is 4.32. The first kappa shape index (κ1) is 16.8. The summed E-state index contributed by atoms with van der Waals surface area (Å²) in [5, 5.41) is 2.99. The van der Waals surface area contributed by atoms with Crippen molar-refractivity contribution in [2.45, 2.75) is 32.4 Å². The maximum Gasteiger partial charge on any atom is 0.251 e. The van der Waals surface area contributed by atoms with E-state index >= 15 is 0 Å². The van der Waals surface area contributed by atoms with Crippen LogP contribution in [0.4, 0.5) is 0 Å². The van der Waals surface area contributed by atoms with Gasteiger partial charge < -0.3 is 10.1 Å². The molecule has 0 aliphatic carbocycles. The number of rotatable bonds is 8. The van der Waals surface area contributed by atoms with E-state index in [0.717, 1.165) is 24.2 Å². The Hall–Kier alpha value is -2.55. The fraction of sp³-hybridized carbons (Fsp3) is 0.250. The zero-order valence-electron chi connectivity index (χ0n) is 13.5. The van der Waals surface area contributed by atoms with Crippen molar-refractivity contribution in [3.05, 3.63) is 84.1 Å². The van der Waals surface area contributed by atoms with Crippen LogP contribution in [0.5, 0.6) is 0 Å². The quantitative estimate of drug-likeness (QED) is 0.738. The number of nitrogens with one attached hydrogen (secondary N) is 1. The highest BCUT2D eigenvalue weighted by Gasteiger charge is 2.10. The molecule has 0 bridgehead atoms. The summed E-state index contributed by atoms with van der Waals surface area (Å²) in [4.78, 5) is 12.0. The Bertz CT molecular complexity index is 623. The summed E-state index contributed by atoms with van der Waals surface area (Å²) >= 11 is 0. The molecule has 0 saturated heterocycles. The smallest absolute Gasteiger partial charge is 0.251 e. The van der Waals surface area contributed by atoms with Crippen LogP contribution in [0.2, 0.25) is 0 Å². The first-order valence-electron chi connectivity index (χ1n) is 7.85. The molecule has 2 aromatic carbocycles. The summed E-state index contributed by atoms with van der Waals surface area (Å²) in [6.45, 7) is 6.47. The summed E-state index contributed by atoms with van der Waals surface area (Å²) in [6, 6.07) is 19.3. The summed E-state index contributed by atoms with van der Waals surface area (Å²) in [7, 11) is 0. The first-order chi connectivity index (χ1) is 11.1. The van der Waals surface area contributed by atoms with Crippen molar-refractivity contribution >= 4 is 5.91 Å². The lowest BCUT2D eigenvalue weighted by Crippen LogP contribution is -2.32. The minimum Gasteiger partial charge on any atom is -0.494 e. The lowest BCUT2D eigenvalue weighted by atomic mass is 10.1. The van der Waals surface area contributed by atoms with E-state index in [4.69, 9.17) is 4.74 Å². The van der Waals surface area contributed by atoms with Crippen molar-refractivity contribution in [1.29, 1.82) is 0 Å². The van der Waals surface area contributed by atoms with Crippen LogP contribution in [-0.2, 0) is 11.3 Å². The van der Waals surface area contributed by atoms with E-state index in [1.54, 1.807) is 0 Å². The van der Waals surface area contributed by atoms with Gasteiger partial charge in [0.15, 0.2) is 0 Å². The Balaban J connectivity index is 1.68. The van der Waals surface area contributed by atoms with Crippen molar-refractivity contribution in [2.75, 3.05) is 0 Å². The van der Waals surface area contributed by atoms with Gasteiger partial charge in [0.05, 0.1) is 5.76 Å². The van der Waals surface area contributed by atoms with Gasteiger partial charge in [0.1, 0.15) is 6.61 Å². The maximum absolute atomic E-state index is 12.0. The minimum absolute atomic E-state index is 0.0473. The van der Waals surface area contributed by atoms with Gasteiger partial charge in [-0.15, -0.1) is 0 Å². The number of hydrogen-bond donors (Lipinski definition) is 1. The molecule has 1 unspecified atom stereocenters. The number of ether oxygens (including phenoxy) is 1. The Morgan fingerprint density at radius 3 is 2.35 bits per heavy atom. The zero-order valence-corrected chi connectivity index (χ0v) is 13.5. The van der Waals surface area contributed by atoms with Gasteiger partial charge in [0.2, 0.25) is 0 Å². The molecule has 0 spiro atoms. The van der Waals surface area contributed by atoms with Gasteiger partial charge in [-0.25, -0.2) is 0 Å². The SMILES string of the molecule is C=C(CCC(C)NC(=O)c1ccccc1)OCc1ccccc1. The molecule has 0 heterocycles. The van der Waals surface area contributed by atoms with E-state index in [0.29, 0.717) is 12.2 Å². The van der Waals surface area contributed by atoms with Crippen molar-refractivity contribution in [1.82, 2.24) is 5.32 Å². The molecule has 3 heteroatoms. The topological polar surface area (TPSA) is 38.3 Å². The van der Waals surface area contributed by atoms with Gasteiger partial charge in [-0.3, -0.25) is 4.79 Å². The van der Waals surface area contributed by atoms with E-state index in [1.165, 1.54) is 0 Å². The van der Waals surface area contributed by atoms with E-state index in [-0.39, 0.29) is 11.9 Å². The number of hydrogen-bond acceptors (Lipinski definition) is 2. The Labute approximate surface area is 138 Å². The van der Waals surface area contributed by atoms with Gasteiger partial charge in [0.25, 0.3) is 5.91 Å². The Morgan fingerprint density at radius 1 is 1.09 bits per heavy atom. The third-order valence-corrected chi connectivity index (χ3v) is 3.56. The fourth-order valence-corrected chi connectivity index (χ4v) is 2.18. The van der Waals surface area contributed by atoms with Crippen LogP contribution in [0, 0.1) is 0 Å². The van der Waals surface area contributed by atoms with Crippen LogP contribution in [0.3, 0.4) is 0 Å². The van der Waals surface area contributed by atoms with E-state index in [2.05, 4.69) is 11.9 Å². The molecule has 120 valence electrons. The normalized spacial score (nSPS) is 11.5. The summed E-state index contributed by atoms with van der Waals surface area (Å²) < 4.78 is 5.66. The summed E-state index contributed by atoms with van der Waals surface area (Å²) in [6.07, 6.45) is 1.52. The van der Waals surface area contributed by atoms with Crippen molar-refractivity contribution in [2.24, 2.45) is 0 Å². The third-order valence-electron chi connectivity index (χ3n) is 3.56. The van der Waals surface area contributed by atoms with Crippen molar-refractivity contribution < 1.29 is 9.53 Å². The molecule has 1 atom stereocenters. The van der Waals surface area contributed by atoms with Crippen LogP contribution in [0.25, 0.3) is 0 Å². The molecule has 3 nitrogen and oxygen atoms in total. The molecule has 23 heavy (non-hydrogen) atoms. The van der Waals surface area contributed by atoms with Gasteiger partial charge >= 0.3 is 0 Å². The lowest BCUT2D eigenvalue weighted by molar-refractivity contribution is 0.0936. The number of allylic oxidation sites excluding steroid dienone is 1. The number of benzene rings is 2. The van der Waals surface area contributed by atoms with Crippen LogP contribution >= 0.6 is 0 Å². The Kier molecular flexibility index (Phi) is 6.42. The molecule has 0 radical (unpaired) electrons. The molecular weight excluding hydrogens is 286 g/mol. The Morgan fingerprint density at radius 2 is 1.70 bits per heavy atom. The number of amides is 1. The maximum atomic E-state index is 12.0. The first-order valence-corrected chi connectivity index (χ1v) is 7.85. The van der Waals surface area contributed by atoms with Crippen molar-refractivity contribution in [3.8, 4) is 0 Å². The highest BCUT2D eigenvalue weighted by Crippen LogP contribution is 2.11. The largest absolute Gasteiger partial charge is 0.494 e. The molecule has 1 N–H and O–H groups in total. The van der Waals surface area contributed by atoms with E-state index < -0.39 is 0 Å². The summed E-state index contributed by atoms with van der Waals surface area (Å²) in [5.41, 5.74) is 1.80. The zero-order chi connectivity index (χ0) is 16.5. The molecule has 2 rings (SSSR count). The molecular formula is C20H23NO2. The van der Waals surface area contributed by atoms with E-state index in [1.807, 2.05) is 67.6 Å². The predicted molar refractivity (Wildman–Crippen MR) is 93.0 cm³/mol. The molecule has 2 aromatic rings. The van der Waals surface area contributed by atoms with Gasteiger partial charge in [-0.2, -0.15) is 0 Å². The van der Waals surface area contributed by atoms with Crippen LogP contribution in [0.15, 0.2) is 73.0 Å². The highest BCUT2D eigenvalue weighted by molar-refractivity contribution is 5.94. The van der Waals surface area contributed by atoms with Crippen LogP contribution in [-0.4, -0.2) is 11.9 Å². The number of carbonyl (C=O) groups excluding carboxylic acids is 1. The minimum atomic E-state index is -0.0473.